The lowest BCUT2D eigenvalue weighted by molar-refractivity contribution is 0.416. The Morgan fingerprint density at radius 3 is 2.38 bits per heavy atom. The van der Waals surface area contributed by atoms with Gasteiger partial charge in [-0.3, -0.25) is 4.57 Å². The summed E-state index contributed by atoms with van der Waals surface area (Å²) in [6, 6.07) is 24.1. The van der Waals surface area contributed by atoms with Gasteiger partial charge in [-0.2, -0.15) is 0 Å². The van der Waals surface area contributed by atoms with Gasteiger partial charge >= 0.3 is 0 Å². The highest BCUT2D eigenvalue weighted by molar-refractivity contribution is 7.98. The Hall–Kier alpha value is -2.76. The Bertz CT molecular complexity index is 1110. The van der Waals surface area contributed by atoms with Gasteiger partial charge in [0.15, 0.2) is 11.0 Å². The van der Waals surface area contributed by atoms with E-state index in [9.17, 15) is 0 Å². The maximum absolute atomic E-state index is 6.11. The first-order chi connectivity index (χ1) is 14.2. The molecule has 1 heterocycles. The van der Waals surface area contributed by atoms with Crippen LogP contribution in [0.3, 0.4) is 0 Å². The van der Waals surface area contributed by atoms with Crippen molar-refractivity contribution in [2.45, 2.75) is 17.8 Å². The number of hydrogen-bond acceptors (Lipinski definition) is 4. The van der Waals surface area contributed by atoms with E-state index in [1.165, 1.54) is 11.1 Å². The summed E-state index contributed by atoms with van der Waals surface area (Å²) in [5, 5.41) is 10.5. The largest absolute Gasteiger partial charge is 0.496 e. The number of nitrogens with zero attached hydrogens (tertiary/aromatic N) is 3. The predicted molar refractivity (Wildman–Crippen MR) is 119 cm³/mol. The monoisotopic (exact) mass is 421 g/mol. The molecular weight excluding hydrogens is 402 g/mol. The average Bonchev–Trinajstić information content (AvgIpc) is 3.17. The van der Waals surface area contributed by atoms with Crippen molar-refractivity contribution in [3.63, 3.8) is 0 Å². The molecule has 0 spiro atoms. The molecule has 4 aromatic rings. The highest BCUT2D eigenvalue weighted by Gasteiger charge is 2.19. The van der Waals surface area contributed by atoms with Crippen LogP contribution in [-0.4, -0.2) is 21.9 Å². The van der Waals surface area contributed by atoms with E-state index < -0.39 is 0 Å². The van der Waals surface area contributed by atoms with E-state index in [0.29, 0.717) is 5.02 Å². The van der Waals surface area contributed by atoms with Crippen LogP contribution in [0, 0.1) is 6.92 Å². The van der Waals surface area contributed by atoms with Gasteiger partial charge in [-0.1, -0.05) is 65.3 Å². The topological polar surface area (TPSA) is 39.9 Å². The maximum Gasteiger partial charge on any atom is 0.196 e. The van der Waals surface area contributed by atoms with E-state index in [0.717, 1.165) is 33.7 Å². The van der Waals surface area contributed by atoms with Crippen LogP contribution in [0.15, 0.2) is 78.0 Å². The lowest BCUT2D eigenvalue weighted by Crippen LogP contribution is -2.01. The molecule has 6 heteroatoms. The van der Waals surface area contributed by atoms with E-state index in [2.05, 4.69) is 41.4 Å². The zero-order chi connectivity index (χ0) is 20.2. The Balaban J connectivity index is 1.76. The zero-order valence-corrected chi connectivity index (χ0v) is 17.7. The molecule has 0 N–H and O–H groups in total. The molecule has 0 radical (unpaired) electrons. The van der Waals surface area contributed by atoms with Crippen molar-refractivity contribution in [1.29, 1.82) is 0 Å². The summed E-state index contributed by atoms with van der Waals surface area (Å²) in [6.45, 7) is 2.09. The third kappa shape index (κ3) is 4.31. The number of thioether (sulfide) groups is 1. The molecule has 4 rings (SSSR count). The average molecular weight is 422 g/mol. The Morgan fingerprint density at radius 1 is 0.931 bits per heavy atom. The normalized spacial score (nSPS) is 10.9. The smallest absolute Gasteiger partial charge is 0.196 e. The molecule has 146 valence electrons. The minimum Gasteiger partial charge on any atom is -0.496 e. The fourth-order valence-corrected chi connectivity index (χ4v) is 4.06. The van der Waals surface area contributed by atoms with Crippen LogP contribution in [0.5, 0.6) is 5.75 Å². The Labute approximate surface area is 179 Å². The van der Waals surface area contributed by atoms with Crippen molar-refractivity contribution in [2.75, 3.05) is 7.11 Å². The highest BCUT2D eigenvalue weighted by Crippen LogP contribution is 2.34. The van der Waals surface area contributed by atoms with Crippen LogP contribution in [0.25, 0.3) is 17.1 Å². The fourth-order valence-electron chi connectivity index (χ4n) is 3.02. The summed E-state index contributed by atoms with van der Waals surface area (Å²) < 4.78 is 7.60. The van der Waals surface area contributed by atoms with Crippen LogP contribution in [0.4, 0.5) is 0 Å². The molecule has 4 nitrogen and oxygen atoms in total. The third-order valence-corrected chi connectivity index (χ3v) is 5.81. The number of rotatable bonds is 6. The van der Waals surface area contributed by atoms with E-state index in [-0.39, 0.29) is 0 Å². The first-order valence-corrected chi connectivity index (χ1v) is 10.5. The van der Waals surface area contributed by atoms with Crippen molar-refractivity contribution >= 4 is 23.4 Å². The molecule has 0 fully saturated rings. The van der Waals surface area contributed by atoms with Gasteiger partial charge in [0, 0.05) is 16.5 Å². The van der Waals surface area contributed by atoms with Gasteiger partial charge in [-0.15, -0.1) is 10.2 Å². The van der Waals surface area contributed by atoms with Crippen LogP contribution in [-0.2, 0) is 5.75 Å². The second-order valence-electron chi connectivity index (χ2n) is 6.59. The van der Waals surface area contributed by atoms with Gasteiger partial charge in [0.05, 0.1) is 12.7 Å². The van der Waals surface area contributed by atoms with Gasteiger partial charge in [0.2, 0.25) is 0 Å². The molecule has 29 heavy (non-hydrogen) atoms. The molecule has 0 bridgehead atoms. The molecule has 0 unspecified atom stereocenters. The quantitative estimate of drug-likeness (QED) is 0.347. The number of methoxy groups -OCH3 is 1. The fraction of sp³-hybridized carbons (Fsp3) is 0.130. The third-order valence-electron chi connectivity index (χ3n) is 4.55. The predicted octanol–water partition coefficient (Wildman–Crippen LogP) is 6.20. The van der Waals surface area contributed by atoms with E-state index in [1.807, 2.05) is 53.1 Å². The van der Waals surface area contributed by atoms with Crippen molar-refractivity contribution in [2.24, 2.45) is 0 Å². The summed E-state index contributed by atoms with van der Waals surface area (Å²) in [5.74, 6) is 2.29. The second kappa shape index (κ2) is 8.72. The number of ether oxygens (including phenoxy) is 1. The number of hydrogen-bond donors (Lipinski definition) is 0. The van der Waals surface area contributed by atoms with Gasteiger partial charge in [0.25, 0.3) is 0 Å². The van der Waals surface area contributed by atoms with Crippen LogP contribution >= 0.6 is 23.4 Å². The van der Waals surface area contributed by atoms with Crippen molar-refractivity contribution in [1.82, 2.24) is 14.8 Å². The number of aromatic nitrogens is 3. The van der Waals surface area contributed by atoms with Gasteiger partial charge < -0.3 is 4.74 Å². The molecule has 0 saturated carbocycles. The summed E-state index contributed by atoms with van der Waals surface area (Å²) in [7, 11) is 1.66. The number of benzene rings is 3. The molecule has 0 saturated heterocycles. The molecule has 0 amide bonds. The Morgan fingerprint density at radius 2 is 1.66 bits per heavy atom. The number of para-hydroxylation sites is 1. The number of aryl methyl sites for hydroxylation is 1. The highest BCUT2D eigenvalue weighted by atomic mass is 35.5. The van der Waals surface area contributed by atoms with Gasteiger partial charge in [0.1, 0.15) is 5.75 Å². The van der Waals surface area contributed by atoms with Crippen molar-refractivity contribution < 1.29 is 4.74 Å². The molecule has 0 aliphatic carbocycles. The van der Waals surface area contributed by atoms with Crippen LogP contribution in [0.1, 0.15) is 11.1 Å². The summed E-state index contributed by atoms with van der Waals surface area (Å²) in [5.41, 5.74) is 4.33. The number of halogens is 1. The lowest BCUT2D eigenvalue weighted by atomic mass is 10.2. The van der Waals surface area contributed by atoms with E-state index in [1.54, 1.807) is 18.9 Å². The summed E-state index contributed by atoms with van der Waals surface area (Å²) >= 11 is 7.76. The standard InChI is InChI=1S/C23H20ClN3OS/c1-16-7-9-17(10-8-16)15-29-23-26-25-22(20-5-3-4-6-21(20)28-2)27(23)19-13-11-18(24)12-14-19/h3-14H,15H2,1-2H3. The van der Waals surface area contributed by atoms with Gasteiger partial charge in [-0.25, -0.2) is 0 Å². The van der Waals surface area contributed by atoms with Crippen molar-refractivity contribution in [3.8, 4) is 22.8 Å². The van der Waals surface area contributed by atoms with Crippen LogP contribution < -0.4 is 4.74 Å². The molecule has 0 atom stereocenters. The molecule has 0 aliphatic heterocycles. The van der Waals surface area contributed by atoms with Crippen molar-refractivity contribution in [3.05, 3.63) is 88.9 Å². The zero-order valence-electron chi connectivity index (χ0n) is 16.2. The first kappa shape index (κ1) is 19.6. The van der Waals surface area contributed by atoms with Crippen LogP contribution in [0.2, 0.25) is 5.02 Å². The Kier molecular flexibility index (Phi) is 5.88. The molecule has 1 aromatic heterocycles. The maximum atomic E-state index is 6.11. The van der Waals surface area contributed by atoms with Gasteiger partial charge in [-0.05, 0) is 48.9 Å². The molecule has 0 aliphatic rings. The minimum absolute atomic E-state index is 0.689. The summed E-state index contributed by atoms with van der Waals surface area (Å²) in [6.07, 6.45) is 0. The van der Waals surface area contributed by atoms with E-state index >= 15 is 0 Å². The van der Waals surface area contributed by atoms with E-state index in [4.69, 9.17) is 16.3 Å². The summed E-state index contributed by atoms with van der Waals surface area (Å²) in [4.78, 5) is 0. The first-order valence-electron chi connectivity index (χ1n) is 9.19. The molecular formula is C23H20ClN3OS. The lowest BCUT2D eigenvalue weighted by Gasteiger charge is -2.12. The SMILES string of the molecule is COc1ccccc1-c1nnc(SCc2ccc(C)cc2)n1-c1ccc(Cl)cc1. The second-order valence-corrected chi connectivity index (χ2v) is 7.97. The molecule has 3 aromatic carbocycles. The minimum atomic E-state index is 0.689.